The van der Waals surface area contributed by atoms with E-state index in [-0.39, 0.29) is 23.4 Å². The molecule has 14 heteroatoms. The normalized spacial score (nSPS) is 16.8. The first kappa shape index (κ1) is 27.9. The van der Waals surface area contributed by atoms with Crippen molar-refractivity contribution in [3.63, 3.8) is 0 Å². The number of hydrogen-bond donors (Lipinski definition) is 1. The molecule has 6 rings (SSSR count). The maximum Gasteiger partial charge on any atom is 0.573 e. The zero-order chi connectivity index (χ0) is 29.3. The molecule has 0 unspecified atom stereocenters. The van der Waals surface area contributed by atoms with Crippen molar-refractivity contribution in [2.24, 2.45) is 0 Å². The topological polar surface area (TPSA) is 80.6 Å². The van der Waals surface area contributed by atoms with Crippen LogP contribution in [0.5, 0.6) is 5.75 Å². The van der Waals surface area contributed by atoms with Crippen LogP contribution in [-0.2, 0) is 4.74 Å². The Morgan fingerprint density at radius 1 is 0.833 bits per heavy atom. The van der Waals surface area contributed by atoms with Crippen LogP contribution in [0.2, 0.25) is 0 Å². The quantitative estimate of drug-likeness (QED) is 0.281. The highest BCUT2D eigenvalue weighted by Crippen LogP contribution is 2.31. The summed E-state index contributed by atoms with van der Waals surface area (Å²) in [6.45, 7) is 3.29. The molecule has 4 aromatic rings. The first-order chi connectivity index (χ1) is 20.2. The zero-order valence-corrected chi connectivity index (χ0v) is 22.4. The molecule has 0 spiro atoms. The lowest BCUT2D eigenvalue weighted by Crippen LogP contribution is -2.41. The largest absolute Gasteiger partial charge is 0.573 e. The molecule has 0 amide bonds. The molecule has 2 aliphatic heterocycles. The maximum absolute atomic E-state index is 14.2. The molecule has 0 bridgehead atoms. The van der Waals surface area contributed by atoms with Gasteiger partial charge in [0.15, 0.2) is 0 Å². The van der Waals surface area contributed by atoms with Crippen LogP contribution in [0, 0.1) is 0 Å². The van der Waals surface area contributed by atoms with E-state index in [0.717, 1.165) is 0 Å². The summed E-state index contributed by atoms with van der Waals surface area (Å²) >= 11 is 0. The van der Waals surface area contributed by atoms with Crippen LogP contribution in [0.3, 0.4) is 0 Å². The lowest BCUT2D eigenvalue weighted by atomic mass is 10.0. The van der Waals surface area contributed by atoms with E-state index >= 15 is 0 Å². The van der Waals surface area contributed by atoms with E-state index in [4.69, 9.17) is 9.72 Å². The summed E-state index contributed by atoms with van der Waals surface area (Å²) in [7, 11) is 0. The van der Waals surface area contributed by atoms with Crippen molar-refractivity contribution in [2.45, 2.75) is 31.7 Å². The second-order valence-electron chi connectivity index (χ2n) is 10.1. The van der Waals surface area contributed by atoms with Gasteiger partial charge in [0.25, 0.3) is 6.43 Å². The van der Waals surface area contributed by atoms with Crippen molar-refractivity contribution in [1.29, 1.82) is 0 Å². The number of ether oxygens (including phenoxy) is 2. The Morgan fingerprint density at radius 3 is 2.10 bits per heavy atom. The van der Waals surface area contributed by atoms with Crippen LogP contribution in [0.25, 0.3) is 16.9 Å². The number of piperidine rings is 1. The third kappa shape index (κ3) is 6.17. The number of halogens is 5. The third-order valence-electron chi connectivity index (χ3n) is 7.29. The minimum absolute atomic E-state index is 0.0643. The third-order valence-corrected chi connectivity index (χ3v) is 7.29. The monoisotopic (exact) mass is 589 g/mol. The molecule has 2 saturated heterocycles. The number of aromatic nitrogens is 4. The average molecular weight is 590 g/mol. The van der Waals surface area contributed by atoms with Crippen molar-refractivity contribution in [3.05, 3.63) is 60.3 Å². The Balaban J connectivity index is 1.24. The second kappa shape index (κ2) is 11.6. The number of fused-ring (bicyclic) bond motifs is 1. The summed E-state index contributed by atoms with van der Waals surface area (Å²) in [5.41, 5.74) is 1.06. The number of hydrogen-bond acceptors (Lipinski definition) is 8. The van der Waals surface area contributed by atoms with Gasteiger partial charge in [-0.3, -0.25) is 4.57 Å². The molecule has 42 heavy (non-hydrogen) atoms. The van der Waals surface area contributed by atoms with Gasteiger partial charge in [0.2, 0.25) is 17.8 Å². The first-order valence-corrected chi connectivity index (χ1v) is 13.6. The van der Waals surface area contributed by atoms with Gasteiger partial charge in [-0.05, 0) is 49.2 Å². The fourth-order valence-electron chi connectivity index (χ4n) is 5.26. The van der Waals surface area contributed by atoms with E-state index in [0.29, 0.717) is 80.7 Å². The number of rotatable bonds is 7. The highest BCUT2D eigenvalue weighted by atomic mass is 19.4. The minimum atomic E-state index is -4.74. The van der Waals surface area contributed by atoms with Crippen molar-refractivity contribution in [2.75, 3.05) is 54.5 Å². The molecule has 4 heterocycles. The molecule has 222 valence electrons. The number of nitrogens with one attached hydrogen (secondary N) is 1. The number of para-hydroxylation sites is 1. The van der Waals surface area contributed by atoms with Crippen molar-refractivity contribution in [3.8, 4) is 11.7 Å². The SMILES string of the molecule is FC(F)c1cc2ccccc2n1-c1nc(N2CCOCC2)nc(N2CCC(Nc3ccc(OC(F)(F)F)cc3)CC2)n1. The van der Waals surface area contributed by atoms with Gasteiger partial charge in [0, 0.05) is 43.3 Å². The van der Waals surface area contributed by atoms with Crippen LogP contribution in [0.15, 0.2) is 54.6 Å². The first-order valence-electron chi connectivity index (χ1n) is 13.6. The van der Waals surface area contributed by atoms with Crippen LogP contribution in [-0.4, -0.2) is 71.3 Å². The van der Waals surface area contributed by atoms with Crippen molar-refractivity contribution >= 4 is 28.5 Å². The summed E-state index contributed by atoms with van der Waals surface area (Å²) < 4.78 is 76.5. The van der Waals surface area contributed by atoms with Crippen LogP contribution in [0.4, 0.5) is 39.5 Å². The van der Waals surface area contributed by atoms with Gasteiger partial charge in [-0.2, -0.15) is 15.0 Å². The Morgan fingerprint density at radius 2 is 1.45 bits per heavy atom. The number of morpholine rings is 1. The number of benzene rings is 2. The molecule has 2 aromatic carbocycles. The lowest BCUT2D eigenvalue weighted by molar-refractivity contribution is -0.274. The standard InChI is InChI=1S/C28H28F5N7O2/c29-24(30)23-17-18-3-1-2-4-22(18)40(23)27-36-25(35-26(37-27)39-13-15-41-16-14-39)38-11-9-20(10-12-38)34-19-5-7-21(8-6-19)42-28(31,32)33/h1-8,17,20,24,34H,9-16H2. The molecule has 1 N–H and O–H groups in total. The Labute approximate surface area is 237 Å². The second-order valence-corrected chi connectivity index (χ2v) is 10.1. The van der Waals surface area contributed by atoms with Crippen LogP contribution in [0.1, 0.15) is 25.0 Å². The maximum atomic E-state index is 14.2. The number of nitrogens with zero attached hydrogens (tertiary/aromatic N) is 6. The molecular weight excluding hydrogens is 561 g/mol. The summed E-state index contributed by atoms with van der Waals surface area (Å²) in [6.07, 6.45) is -6.08. The number of alkyl halides is 5. The van der Waals surface area contributed by atoms with E-state index in [1.54, 1.807) is 36.4 Å². The molecule has 9 nitrogen and oxygen atoms in total. The predicted molar refractivity (Wildman–Crippen MR) is 147 cm³/mol. The van der Waals surface area contributed by atoms with E-state index in [1.165, 1.54) is 22.8 Å². The van der Waals surface area contributed by atoms with Crippen molar-refractivity contribution < 1.29 is 31.4 Å². The van der Waals surface area contributed by atoms with E-state index in [9.17, 15) is 22.0 Å². The van der Waals surface area contributed by atoms with Crippen LogP contribution >= 0.6 is 0 Å². The van der Waals surface area contributed by atoms with Gasteiger partial charge >= 0.3 is 6.36 Å². The van der Waals surface area contributed by atoms with Gasteiger partial charge in [-0.1, -0.05) is 18.2 Å². The summed E-state index contributed by atoms with van der Waals surface area (Å²) in [4.78, 5) is 18.0. The van der Waals surface area contributed by atoms with E-state index < -0.39 is 12.8 Å². The molecule has 0 aliphatic carbocycles. The number of anilines is 3. The predicted octanol–water partition coefficient (Wildman–Crippen LogP) is 5.57. The van der Waals surface area contributed by atoms with Gasteiger partial charge < -0.3 is 24.6 Å². The highest BCUT2D eigenvalue weighted by Gasteiger charge is 2.31. The van der Waals surface area contributed by atoms with Gasteiger partial charge in [0.1, 0.15) is 5.75 Å². The Kier molecular flexibility index (Phi) is 7.71. The van der Waals surface area contributed by atoms with E-state index in [2.05, 4.69) is 20.0 Å². The minimum Gasteiger partial charge on any atom is -0.406 e. The summed E-state index contributed by atoms with van der Waals surface area (Å²) in [6, 6.07) is 14.3. The average Bonchev–Trinajstić information content (AvgIpc) is 3.38. The molecule has 0 atom stereocenters. The molecular formula is C28H28F5N7O2. The molecule has 2 aliphatic rings. The fraction of sp³-hybridized carbons (Fsp3) is 0.393. The smallest absolute Gasteiger partial charge is 0.406 e. The van der Waals surface area contributed by atoms with Crippen molar-refractivity contribution in [1.82, 2.24) is 19.5 Å². The zero-order valence-electron chi connectivity index (χ0n) is 22.4. The molecule has 2 aromatic heterocycles. The fourth-order valence-corrected chi connectivity index (χ4v) is 5.26. The Hall–Kier alpha value is -4.20. The molecule has 0 saturated carbocycles. The summed E-state index contributed by atoms with van der Waals surface area (Å²) in [5.74, 6) is 0.638. The lowest BCUT2D eigenvalue weighted by Gasteiger charge is -2.34. The summed E-state index contributed by atoms with van der Waals surface area (Å²) in [5, 5.41) is 4.01. The molecule has 2 fully saturated rings. The van der Waals surface area contributed by atoms with Gasteiger partial charge in [-0.25, -0.2) is 8.78 Å². The Bertz CT molecular complexity index is 1520. The van der Waals surface area contributed by atoms with Crippen LogP contribution < -0.4 is 19.9 Å². The van der Waals surface area contributed by atoms with E-state index in [1.807, 2.05) is 9.80 Å². The highest BCUT2D eigenvalue weighted by molar-refractivity contribution is 5.83. The molecule has 0 radical (unpaired) electrons. The van der Waals surface area contributed by atoms with Gasteiger partial charge in [0.05, 0.1) is 24.4 Å². The van der Waals surface area contributed by atoms with Gasteiger partial charge in [-0.15, -0.1) is 13.2 Å².